The van der Waals surface area contributed by atoms with Crippen molar-refractivity contribution in [2.75, 3.05) is 34.3 Å². The molecule has 1 saturated heterocycles. The summed E-state index contributed by atoms with van der Waals surface area (Å²) in [6.45, 7) is 3.36. The van der Waals surface area contributed by atoms with Gasteiger partial charge in [-0.15, -0.1) is 0 Å². The van der Waals surface area contributed by atoms with Crippen LogP contribution in [0.5, 0.6) is 5.75 Å². The van der Waals surface area contributed by atoms with Crippen LogP contribution in [0.1, 0.15) is 37.3 Å². The summed E-state index contributed by atoms with van der Waals surface area (Å²) in [6, 6.07) is 21.0. The first kappa shape index (κ1) is 30.0. The predicted molar refractivity (Wildman–Crippen MR) is 160 cm³/mol. The third-order valence-electron chi connectivity index (χ3n) is 7.60. The zero-order chi connectivity index (χ0) is 29.4. The van der Waals surface area contributed by atoms with Crippen molar-refractivity contribution in [1.29, 1.82) is 0 Å². The molecular formula is C32H41N5O4. The largest absolute Gasteiger partial charge is 0.497 e. The average Bonchev–Trinajstić information content (AvgIpc) is 2.97. The maximum Gasteiger partial charge on any atom is 0.334 e. The number of methoxy groups -OCH3 is 1. The first-order valence-electron chi connectivity index (χ1n) is 14.2. The van der Waals surface area contributed by atoms with E-state index >= 15 is 0 Å². The molecule has 218 valence electrons. The summed E-state index contributed by atoms with van der Waals surface area (Å²) in [5.41, 5.74) is 2.08. The Hall–Kier alpha value is -3.95. The average molecular weight is 560 g/mol. The SMILES string of the molecule is CCCC[C@@H](C=O)N1C(=O)CN(C)N(C(=O)NCc2ccc(OC)cc2)C1CN(C)Cc1cccc2ccccc12. The van der Waals surface area contributed by atoms with Gasteiger partial charge >= 0.3 is 6.03 Å². The number of hydrogen-bond acceptors (Lipinski definition) is 6. The third kappa shape index (κ3) is 7.23. The van der Waals surface area contributed by atoms with Gasteiger partial charge in [0.2, 0.25) is 5.91 Å². The highest BCUT2D eigenvalue weighted by Gasteiger charge is 2.43. The molecule has 9 heteroatoms. The van der Waals surface area contributed by atoms with Crippen molar-refractivity contribution in [3.05, 3.63) is 77.9 Å². The fraction of sp³-hybridized carbons (Fsp3) is 0.406. The lowest BCUT2D eigenvalue weighted by Crippen LogP contribution is -2.71. The zero-order valence-electron chi connectivity index (χ0n) is 24.5. The van der Waals surface area contributed by atoms with Crippen LogP contribution in [0.25, 0.3) is 10.8 Å². The molecule has 1 fully saturated rings. The minimum Gasteiger partial charge on any atom is -0.497 e. The van der Waals surface area contributed by atoms with Crippen molar-refractivity contribution in [2.24, 2.45) is 0 Å². The van der Waals surface area contributed by atoms with E-state index in [-0.39, 0.29) is 18.5 Å². The van der Waals surface area contributed by atoms with Crippen molar-refractivity contribution in [3.8, 4) is 5.75 Å². The molecule has 4 rings (SSSR count). The van der Waals surface area contributed by atoms with E-state index in [0.717, 1.165) is 41.4 Å². The number of nitrogens with one attached hydrogen (secondary N) is 1. The van der Waals surface area contributed by atoms with E-state index in [9.17, 15) is 14.4 Å². The van der Waals surface area contributed by atoms with E-state index < -0.39 is 12.2 Å². The maximum absolute atomic E-state index is 13.7. The van der Waals surface area contributed by atoms with Gasteiger partial charge in [0.05, 0.1) is 19.7 Å². The molecule has 0 saturated carbocycles. The standard InChI is InChI=1S/C32H41N5O4/c1-5-6-13-27(23-38)36-30(21-34(2)20-26-12-9-11-25-10-7-8-14-29(25)26)37(35(3)22-31(36)39)32(40)33-19-24-15-17-28(41-4)18-16-24/h7-12,14-18,23,27,30H,5-6,13,19-22H2,1-4H3,(H,33,40)/t27-,30?/m0/s1. The lowest BCUT2D eigenvalue weighted by atomic mass is 10.0. The predicted octanol–water partition coefficient (Wildman–Crippen LogP) is 4.26. The van der Waals surface area contributed by atoms with E-state index in [1.807, 2.05) is 49.5 Å². The van der Waals surface area contributed by atoms with Gasteiger partial charge in [-0.3, -0.25) is 9.69 Å². The van der Waals surface area contributed by atoms with Crippen LogP contribution in [0, 0.1) is 0 Å². The van der Waals surface area contributed by atoms with Gasteiger partial charge < -0.3 is 19.7 Å². The second-order valence-electron chi connectivity index (χ2n) is 10.6. The maximum atomic E-state index is 13.7. The zero-order valence-corrected chi connectivity index (χ0v) is 24.5. The monoisotopic (exact) mass is 559 g/mol. The number of nitrogens with zero attached hydrogens (tertiary/aromatic N) is 4. The van der Waals surface area contributed by atoms with Gasteiger partial charge in [0, 0.05) is 26.7 Å². The normalized spacial score (nSPS) is 16.7. The third-order valence-corrected chi connectivity index (χ3v) is 7.60. The Bertz CT molecular complexity index is 1330. The summed E-state index contributed by atoms with van der Waals surface area (Å²) in [6.07, 6.45) is 2.46. The second-order valence-corrected chi connectivity index (χ2v) is 10.6. The molecule has 41 heavy (non-hydrogen) atoms. The molecule has 0 bridgehead atoms. The Balaban J connectivity index is 1.59. The number of rotatable bonds is 12. The van der Waals surface area contributed by atoms with Crippen LogP contribution in [0.3, 0.4) is 0 Å². The van der Waals surface area contributed by atoms with Gasteiger partial charge in [-0.1, -0.05) is 74.4 Å². The number of urea groups is 1. The Labute approximate surface area is 242 Å². The summed E-state index contributed by atoms with van der Waals surface area (Å²) in [7, 11) is 5.33. The van der Waals surface area contributed by atoms with Crippen LogP contribution < -0.4 is 10.1 Å². The summed E-state index contributed by atoms with van der Waals surface area (Å²) in [5.74, 6) is 0.578. The molecule has 0 spiro atoms. The number of fused-ring (bicyclic) bond motifs is 1. The minimum absolute atomic E-state index is 0.00988. The molecule has 3 aromatic carbocycles. The summed E-state index contributed by atoms with van der Waals surface area (Å²) >= 11 is 0. The van der Waals surface area contributed by atoms with Crippen LogP contribution in [-0.2, 0) is 22.7 Å². The Morgan fingerprint density at radius 1 is 1.12 bits per heavy atom. The number of unbranched alkanes of at least 4 members (excludes halogenated alkanes) is 1. The molecule has 1 unspecified atom stereocenters. The number of likely N-dealkylation sites (N-methyl/N-ethyl adjacent to an activating group) is 2. The Morgan fingerprint density at radius 3 is 2.56 bits per heavy atom. The number of amides is 3. The molecule has 3 aromatic rings. The van der Waals surface area contributed by atoms with Gasteiger partial charge in [0.25, 0.3) is 0 Å². The first-order valence-corrected chi connectivity index (χ1v) is 14.2. The van der Waals surface area contributed by atoms with Crippen molar-refractivity contribution in [2.45, 2.75) is 51.5 Å². The number of carbonyl (C=O) groups is 3. The Morgan fingerprint density at radius 2 is 1.85 bits per heavy atom. The van der Waals surface area contributed by atoms with Crippen LogP contribution in [0.15, 0.2) is 66.7 Å². The van der Waals surface area contributed by atoms with Crippen molar-refractivity contribution < 1.29 is 19.1 Å². The van der Waals surface area contributed by atoms with Crippen LogP contribution in [-0.4, -0.2) is 84.5 Å². The van der Waals surface area contributed by atoms with Gasteiger partial charge in [-0.2, -0.15) is 0 Å². The lowest BCUT2D eigenvalue weighted by molar-refractivity contribution is -0.171. The fourth-order valence-corrected chi connectivity index (χ4v) is 5.48. The topological polar surface area (TPSA) is 85.4 Å². The molecule has 0 aliphatic carbocycles. The molecule has 9 nitrogen and oxygen atoms in total. The van der Waals surface area contributed by atoms with Crippen molar-refractivity contribution in [3.63, 3.8) is 0 Å². The first-order chi connectivity index (χ1) is 19.9. The van der Waals surface area contributed by atoms with Crippen LogP contribution in [0.4, 0.5) is 4.79 Å². The smallest absolute Gasteiger partial charge is 0.334 e. The highest BCUT2D eigenvalue weighted by molar-refractivity contribution is 5.86. The van der Waals surface area contributed by atoms with Gasteiger partial charge in [-0.25, -0.2) is 14.8 Å². The summed E-state index contributed by atoms with van der Waals surface area (Å²) < 4.78 is 5.23. The number of carbonyl (C=O) groups excluding carboxylic acids is 3. The molecule has 1 aliphatic rings. The van der Waals surface area contributed by atoms with Crippen molar-refractivity contribution >= 4 is 29.0 Å². The fourth-order valence-electron chi connectivity index (χ4n) is 5.48. The Kier molecular flexibility index (Phi) is 10.3. The summed E-state index contributed by atoms with van der Waals surface area (Å²) in [5, 5.41) is 8.58. The number of ether oxygens (including phenoxy) is 1. The highest BCUT2D eigenvalue weighted by atomic mass is 16.5. The molecule has 0 radical (unpaired) electrons. The van der Waals surface area contributed by atoms with Gasteiger partial charge in [-0.05, 0) is 47.5 Å². The van der Waals surface area contributed by atoms with Crippen LogP contribution >= 0.6 is 0 Å². The van der Waals surface area contributed by atoms with E-state index in [2.05, 4.69) is 41.4 Å². The molecule has 1 aliphatic heterocycles. The number of hydrogen-bond donors (Lipinski definition) is 1. The molecule has 1 N–H and O–H groups in total. The molecular weight excluding hydrogens is 518 g/mol. The second kappa shape index (κ2) is 14.1. The van der Waals surface area contributed by atoms with E-state index in [1.165, 1.54) is 5.39 Å². The van der Waals surface area contributed by atoms with Gasteiger partial charge in [0.1, 0.15) is 18.2 Å². The quantitative estimate of drug-likeness (QED) is 0.334. The number of hydrazine groups is 1. The highest BCUT2D eigenvalue weighted by Crippen LogP contribution is 2.24. The molecule has 0 aromatic heterocycles. The van der Waals surface area contributed by atoms with E-state index in [4.69, 9.17) is 4.74 Å². The molecule has 2 atom stereocenters. The number of aldehydes is 1. The van der Waals surface area contributed by atoms with Gasteiger partial charge in [0.15, 0.2) is 0 Å². The number of benzene rings is 3. The lowest BCUT2D eigenvalue weighted by Gasteiger charge is -2.50. The summed E-state index contributed by atoms with van der Waals surface area (Å²) in [4.78, 5) is 43.2. The minimum atomic E-state index is -0.663. The molecule has 3 amide bonds. The molecule has 1 heterocycles. The van der Waals surface area contributed by atoms with E-state index in [1.54, 1.807) is 29.1 Å². The van der Waals surface area contributed by atoms with Crippen LogP contribution in [0.2, 0.25) is 0 Å². The van der Waals surface area contributed by atoms with Crippen molar-refractivity contribution in [1.82, 2.24) is 25.1 Å². The van der Waals surface area contributed by atoms with E-state index in [0.29, 0.717) is 26.1 Å².